The van der Waals surface area contributed by atoms with Crippen molar-refractivity contribution in [1.82, 2.24) is 29.9 Å². The third-order valence-corrected chi connectivity index (χ3v) is 6.21. The van der Waals surface area contributed by atoms with E-state index in [-0.39, 0.29) is 35.2 Å². The van der Waals surface area contributed by atoms with Gasteiger partial charge in [-0.05, 0) is 13.3 Å². The topological polar surface area (TPSA) is 117 Å². The zero-order chi connectivity index (χ0) is 24.1. The number of alkyl halides is 1. The van der Waals surface area contributed by atoms with Gasteiger partial charge in [0.25, 0.3) is 0 Å². The van der Waals surface area contributed by atoms with Crippen molar-refractivity contribution in [3.8, 4) is 11.3 Å². The highest BCUT2D eigenvalue weighted by atomic mass is 35.5. The third kappa shape index (κ3) is 3.75. The molecule has 2 amide bonds. The Bertz CT molecular complexity index is 1450. The summed E-state index contributed by atoms with van der Waals surface area (Å²) in [5.74, 6) is -1.72. The predicted molar refractivity (Wildman–Crippen MR) is 122 cm³/mol. The molecule has 12 heteroatoms. The molecule has 1 aromatic carbocycles. The SMILES string of the molecule is CCC(=O)NC(C)c1c(F)c(Cl)c(-c2cn3cc(NC(=O)C4CC4F)nc3cn2)c2cn[nH]c12. The first-order valence-electron chi connectivity index (χ1n) is 10.7. The number of nitrogens with one attached hydrogen (secondary N) is 3. The summed E-state index contributed by atoms with van der Waals surface area (Å²) in [5.41, 5.74) is 1.69. The van der Waals surface area contributed by atoms with Crippen molar-refractivity contribution < 1.29 is 18.4 Å². The molecule has 5 rings (SSSR count). The molecule has 1 aliphatic rings. The number of benzene rings is 1. The van der Waals surface area contributed by atoms with Crippen LogP contribution in [0.1, 0.15) is 38.3 Å². The van der Waals surface area contributed by atoms with Gasteiger partial charge >= 0.3 is 0 Å². The summed E-state index contributed by atoms with van der Waals surface area (Å²) in [7, 11) is 0. The van der Waals surface area contributed by atoms with E-state index in [9.17, 15) is 14.0 Å². The number of H-pyrrole nitrogens is 1. The zero-order valence-electron chi connectivity index (χ0n) is 18.2. The minimum atomic E-state index is -1.11. The molecule has 176 valence electrons. The second kappa shape index (κ2) is 8.32. The largest absolute Gasteiger partial charge is 0.349 e. The maximum absolute atomic E-state index is 15.5. The number of aromatic amines is 1. The number of aromatic nitrogens is 5. The quantitative estimate of drug-likeness (QED) is 0.381. The van der Waals surface area contributed by atoms with E-state index in [1.54, 1.807) is 30.6 Å². The van der Waals surface area contributed by atoms with Gasteiger partial charge in [-0.15, -0.1) is 0 Å². The predicted octanol–water partition coefficient (Wildman–Crippen LogP) is 3.95. The number of carbonyl (C=O) groups is 2. The van der Waals surface area contributed by atoms with Crippen LogP contribution in [0.15, 0.2) is 24.8 Å². The number of hydrogen-bond donors (Lipinski definition) is 3. The Morgan fingerprint density at radius 1 is 1.35 bits per heavy atom. The van der Waals surface area contributed by atoms with Gasteiger partial charge in [-0.3, -0.25) is 19.7 Å². The maximum Gasteiger partial charge on any atom is 0.231 e. The van der Waals surface area contributed by atoms with E-state index in [0.717, 1.165) is 0 Å². The summed E-state index contributed by atoms with van der Waals surface area (Å²) in [5, 5.41) is 12.6. The standard InChI is InChI=1S/C22H20ClF2N7O2/c1-3-16(33)28-9(2)17-20(25)19(23)18(11-5-27-31-21(11)17)13-7-32-8-14(29-15(32)6-26-13)30-22(34)10-4-12(10)24/h5-10,12H,3-4H2,1-2H3,(H,27,31)(H,28,33)(H,30,34). The number of hydrogen-bond acceptors (Lipinski definition) is 5. The Morgan fingerprint density at radius 2 is 2.12 bits per heavy atom. The number of fused-ring (bicyclic) bond motifs is 2. The van der Waals surface area contributed by atoms with Crippen molar-refractivity contribution in [3.63, 3.8) is 0 Å². The van der Waals surface area contributed by atoms with Gasteiger partial charge < -0.3 is 15.0 Å². The molecular formula is C22H20ClF2N7O2. The van der Waals surface area contributed by atoms with Gasteiger partial charge in [0.15, 0.2) is 11.5 Å². The Hall–Kier alpha value is -3.60. The summed E-state index contributed by atoms with van der Waals surface area (Å²) in [4.78, 5) is 32.5. The molecule has 0 bridgehead atoms. The lowest BCUT2D eigenvalue weighted by molar-refractivity contribution is -0.121. The molecule has 1 saturated carbocycles. The van der Waals surface area contributed by atoms with Crippen LogP contribution in [0.3, 0.4) is 0 Å². The molecule has 0 aliphatic heterocycles. The normalized spacial score (nSPS) is 18.3. The average Bonchev–Trinajstić information content (AvgIpc) is 3.17. The van der Waals surface area contributed by atoms with Crippen LogP contribution >= 0.6 is 11.6 Å². The molecule has 1 fully saturated rings. The lowest BCUT2D eigenvalue weighted by Gasteiger charge is -2.18. The Kier molecular flexibility index (Phi) is 5.43. The van der Waals surface area contributed by atoms with E-state index in [4.69, 9.17) is 11.6 Å². The number of imidazole rings is 1. The van der Waals surface area contributed by atoms with Gasteiger partial charge in [-0.25, -0.2) is 13.8 Å². The van der Waals surface area contributed by atoms with E-state index >= 15 is 4.39 Å². The third-order valence-electron chi connectivity index (χ3n) is 5.86. The minimum Gasteiger partial charge on any atom is -0.349 e. The Morgan fingerprint density at radius 3 is 2.82 bits per heavy atom. The van der Waals surface area contributed by atoms with E-state index < -0.39 is 29.9 Å². The van der Waals surface area contributed by atoms with Crippen LogP contribution in [0.5, 0.6) is 0 Å². The van der Waals surface area contributed by atoms with Gasteiger partial charge in [0.05, 0.1) is 46.8 Å². The molecule has 3 N–H and O–H groups in total. The van der Waals surface area contributed by atoms with Gasteiger partial charge in [0, 0.05) is 29.1 Å². The summed E-state index contributed by atoms with van der Waals surface area (Å²) >= 11 is 6.48. The molecule has 9 nitrogen and oxygen atoms in total. The van der Waals surface area contributed by atoms with Crippen LogP contribution in [-0.2, 0) is 9.59 Å². The van der Waals surface area contributed by atoms with Gasteiger partial charge in [-0.2, -0.15) is 5.10 Å². The van der Waals surface area contributed by atoms with Crippen LogP contribution in [0.4, 0.5) is 14.6 Å². The van der Waals surface area contributed by atoms with Gasteiger partial charge in [-0.1, -0.05) is 18.5 Å². The van der Waals surface area contributed by atoms with Crippen molar-refractivity contribution in [2.24, 2.45) is 5.92 Å². The first-order chi connectivity index (χ1) is 16.3. The number of nitrogens with zero attached hydrogens (tertiary/aromatic N) is 4. The average molecular weight is 488 g/mol. The lowest BCUT2D eigenvalue weighted by Crippen LogP contribution is -2.26. The van der Waals surface area contributed by atoms with E-state index in [0.29, 0.717) is 27.8 Å². The van der Waals surface area contributed by atoms with E-state index in [1.807, 2.05) is 0 Å². The fourth-order valence-corrected chi connectivity index (χ4v) is 4.25. The van der Waals surface area contributed by atoms with Crippen LogP contribution < -0.4 is 10.6 Å². The molecule has 34 heavy (non-hydrogen) atoms. The molecule has 3 heterocycles. The van der Waals surface area contributed by atoms with Crippen molar-refractivity contribution in [3.05, 3.63) is 41.2 Å². The lowest BCUT2D eigenvalue weighted by atomic mass is 9.98. The first-order valence-corrected chi connectivity index (χ1v) is 11.1. The second-order valence-electron chi connectivity index (χ2n) is 8.23. The van der Waals surface area contributed by atoms with Crippen molar-refractivity contribution in [2.75, 3.05) is 5.32 Å². The van der Waals surface area contributed by atoms with E-state index in [1.165, 1.54) is 12.4 Å². The summed E-state index contributed by atoms with van der Waals surface area (Å²) < 4.78 is 30.2. The van der Waals surface area contributed by atoms with Crippen LogP contribution in [-0.4, -0.2) is 42.6 Å². The Labute approximate surface area is 196 Å². The van der Waals surface area contributed by atoms with Gasteiger partial charge in [0.2, 0.25) is 11.8 Å². The second-order valence-corrected chi connectivity index (χ2v) is 8.61. The molecule has 3 unspecified atom stereocenters. The highest BCUT2D eigenvalue weighted by molar-refractivity contribution is 6.35. The highest BCUT2D eigenvalue weighted by Gasteiger charge is 2.43. The molecule has 4 aromatic rings. The van der Waals surface area contributed by atoms with Crippen molar-refractivity contribution in [2.45, 2.75) is 38.9 Å². The monoisotopic (exact) mass is 487 g/mol. The van der Waals surface area contributed by atoms with Crippen molar-refractivity contribution >= 4 is 45.8 Å². The first kappa shape index (κ1) is 22.2. The summed E-state index contributed by atoms with van der Waals surface area (Å²) in [6.07, 6.45) is 5.49. The van der Waals surface area contributed by atoms with Crippen LogP contribution in [0.25, 0.3) is 27.8 Å². The zero-order valence-corrected chi connectivity index (χ0v) is 19.0. The molecule has 0 radical (unpaired) electrons. The maximum atomic E-state index is 15.5. The fraction of sp³-hybridized carbons (Fsp3) is 0.318. The summed E-state index contributed by atoms with van der Waals surface area (Å²) in [6, 6.07) is -0.646. The number of halogens is 3. The van der Waals surface area contributed by atoms with Crippen LogP contribution in [0, 0.1) is 11.7 Å². The number of amides is 2. The summed E-state index contributed by atoms with van der Waals surface area (Å²) in [6.45, 7) is 3.37. The molecule has 3 atom stereocenters. The smallest absolute Gasteiger partial charge is 0.231 e. The molecule has 0 saturated heterocycles. The molecule has 3 aromatic heterocycles. The number of anilines is 1. The van der Waals surface area contributed by atoms with Crippen LogP contribution in [0.2, 0.25) is 5.02 Å². The number of carbonyl (C=O) groups excluding carboxylic acids is 2. The fourth-order valence-electron chi connectivity index (χ4n) is 3.95. The van der Waals surface area contributed by atoms with Crippen molar-refractivity contribution in [1.29, 1.82) is 0 Å². The number of rotatable bonds is 6. The molecular weight excluding hydrogens is 468 g/mol. The molecule has 0 spiro atoms. The van der Waals surface area contributed by atoms with Gasteiger partial charge in [0.1, 0.15) is 12.0 Å². The Balaban J connectivity index is 1.55. The highest BCUT2D eigenvalue weighted by Crippen LogP contribution is 2.40. The minimum absolute atomic E-state index is 0.162. The van der Waals surface area contributed by atoms with E-state index in [2.05, 4.69) is 30.8 Å². The molecule has 1 aliphatic carbocycles.